The van der Waals surface area contributed by atoms with E-state index in [1.165, 1.54) is 0 Å². The summed E-state index contributed by atoms with van der Waals surface area (Å²) < 4.78 is 3.62. The predicted octanol–water partition coefficient (Wildman–Crippen LogP) is 1.53. The van der Waals surface area contributed by atoms with Gasteiger partial charge < -0.3 is 5.11 Å². The molecule has 0 fully saturated rings. The predicted molar refractivity (Wildman–Crippen MR) is 45.6 cm³/mol. The minimum absolute atomic E-state index is 0.0764. The number of nitrogens with zero attached hydrogens (tertiary/aromatic N) is 2. The SMILES string of the molecule is CC(C)(C)c1snnc1C(=O)O. The van der Waals surface area contributed by atoms with Crippen LogP contribution in [0.3, 0.4) is 0 Å². The van der Waals surface area contributed by atoms with E-state index in [4.69, 9.17) is 5.11 Å². The Labute approximate surface area is 74.4 Å². The lowest BCUT2D eigenvalue weighted by molar-refractivity contribution is 0.0688. The van der Waals surface area contributed by atoms with Gasteiger partial charge in [0.15, 0.2) is 5.69 Å². The monoisotopic (exact) mass is 186 g/mol. The van der Waals surface area contributed by atoms with Crippen molar-refractivity contribution >= 4 is 17.5 Å². The molecule has 0 atom stereocenters. The highest BCUT2D eigenvalue weighted by molar-refractivity contribution is 7.06. The van der Waals surface area contributed by atoms with Crippen molar-refractivity contribution in [1.82, 2.24) is 9.59 Å². The van der Waals surface area contributed by atoms with E-state index in [0.29, 0.717) is 0 Å². The van der Waals surface area contributed by atoms with Crippen LogP contribution in [0.2, 0.25) is 0 Å². The molecule has 1 rings (SSSR count). The summed E-state index contributed by atoms with van der Waals surface area (Å²) in [6.07, 6.45) is 0. The fraction of sp³-hybridized carbons (Fsp3) is 0.571. The van der Waals surface area contributed by atoms with Crippen LogP contribution in [0, 0.1) is 0 Å². The van der Waals surface area contributed by atoms with Crippen LogP contribution >= 0.6 is 11.5 Å². The van der Waals surface area contributed by atoms with Crippen LogP contribution in [-0.2, 0) is 5.41 Å². The number of aromatic nitrogens is 2. The van der Waals surface area contributed by atoms with Crippen molar-refractivity contribution in [3.8, 4) is 0 Å². The van der Waals surface area contributed by atoms with Gasteiger partial charge in [-0.05, 0) is 11.5 Å². The molecule has 0 saturated carbocycles. The second-order valence-electron chi connectivity index (χ2n) is 3.51. The first-order valence-electron chi connectivity index (χ1n) is 3.49. The minimum Gasteiger partial charge on any atom is -0.476 e. The molecule has 0 bridgehead atoms. The van der Waals surface area contributed by atoms with E-state index in [1.54, 1.807) is 0 Å². The Morgan fingerprint density at radius 1 is 1.50 bits per heavy atom. The second-order valence-corrected chi connectivity index (χ2v) is 4.26. The molecule has 1 aromatic heterocycles. The van der Waals surface area contributed by atoms with Crippen molar-refractivity contribution in [2.75, 3.05) is 0 Å². The Kier molecular flexibility index (Phi) is 2.14. The quantitative estimate of drug-likeness (QED) is 0.722. The highest BCUT2D eigenvalue weighted by Gasteiger charge is 2.25. The Bertz CT molecular complexity index is 301. The molecule has 0 aliphatic rings. The van der Waals surface area contributed by atoms with Crippen molar-refractivity contribution in [3.05, 3.63) is 10.6 Å². The lowest BCUT2D eigenvalue weighted by atomic mass is 9.93. The highest BCUT2D eigenvalue weighted by atomic mass is 32.1. The van der Waals surface area contributed by atoms with E-state index in [-0.39, 0.29) is 11.1 Å². The molecule has 0 radical (unpaired) electrons. The number of carboxylic acid groups (broad SMARTS) is 1. The first kappa shape index (κ1) is 9.12. The lowest BCUT2D eigenvalue weighted by Crippen LogP contribution is -2.14. The van der Waals surface area contributed by atoms with Crippen LogP contribution in [0.15, 0.2) is 0 Å². The van der Waals surface area contributed by atoms with Gasteiger partial charge in [-0.15, -0.1) is 5.10 Å². The van der Waals surface area contributed by atoms with Gasteiger partial charge in [-0.1, -0.05) is 25.3 Å². The average molecular weight is 186 g/mol. The number of carbonyl (C=O) groups is 1. The molecule has 5 heteroatoms. The van der Waals surface area contributed by atoms with E-state index in [2.05, 4.69) is 9.59 Å². The van der Waals surface area contributed by atoms with Gasteiger partial charge in [-0.3, -0.25) is 0 Å². The molecule has 0 aliphatic carbocycles. The molecule has 0 aliphatic heterocycles. The smallest absolute Gasteiger partial charge is 0.357 e. The topological polar surface area (TPSA) is 63.1 Å². The summed E-state index contributed by atoms with van der Waals surface area (Å²) in [5.41, 5.74) is -0.116. The first-order valence-corrected chi connectivity index (χ1v) is 4.26. The molecule has 1 N–H and O–H groups in total. The maximum atomic E-state index is 10.6. The summed E-state index contributed by atoms with van der Waals surface area (Å²) in [6, 6.07) is 0. The van der Waals surface area contributed by atoms with Crippen LogP contribution in [-0.4, -0.2) is 20.7 Å². The number of aromatic carboxylic acids is 1. The third-order valence-corrected chi connectivity index (χ3v) is 2.52. The lowest BCUT2D eigenvalue weighted by Gasteiger charge is -2.14. The third-order valence-electron chi connectivity index (χ3n) is 1.37. The van der Waals surface area contributed by atoms with Gasteiger partial charge in [0.1, 0.15) is 0 Å². The molecule has 0 saturated heterocycles. The van der Waals surface area contributed by atoms with Crippen LogP contribution in [0.5, 0.6) is 0 Å². The van der Waals surface area contributed by atoms with E-state index in [9.17, 15) is 4.79 Å². The molecule has 12 heavy (non-hydrogen) atoms. The molecule has 66 valence electrons. The molecular weight excluding hydrogens is 176 g/mol. The van der Waals surface area contributed by atoms with Gasteiger partial charge in [0.05, 0.1) is 4.88 Å². The Morgan fingerprint density at radius 2 is 2.08 bits per heavy atom. The summed E-state index contributed by atoms with van der Waals surface area (Å²) in [6.45, 7) is 5.82. The van der Waals surface area contributed by atoms with Crippen LogP contribution in [0.4, 0.5) is 0 Å². The fourth-order valence-electron chi connectivity index (χ4n) is 0.823. The summed E-state index contributed by atoms with van der Waals surface area (Å²) in [7, 11) is 0. The van der Waals surface area contributed by atoms with E-state index in [0.717, 1.165) is 16.4 Å². The molecule has 4 nitrogen and oxygen atoms in total. The Morgan fingerprint density at radius 3 is 2.42 bits per heavy atom. The van der Waals surface area contributed by atoms with Gasteiger partial charge >= 0.3 is 5.97 Å². The zero-order valence-corrected chi connectivity index (χ0v) is 7.97. The van der Waals surface area contributed by atoms with Crippen molar-refractivity contribution in [2.45, 2.75) is 26.2 Å². The zero-order valence-electron chi connectivity index (χ0n) is 7.16. The number of hydrogen-bond acceptors (Lipinski definition) is 4. The fourth-order valence-corrected chi connectivity index (χ4v) is 1.52. The molecule has 0 unspecified atom stereocenters. The van der Waals surface area contributed by atoms with Crippen molar-refractivity contribution in [3.63, 3.8) is 0 Å². The summed E-state index contributed by atoms with van der Waals surface area (Å²) in [5.74, 6) is -1.01. The van der Waals surface area contributed by atoms with E-state index in [1.807, 2.05) is 20.8 Å². The highest BCUT2D eigenvalue weighted by Crippen LogP contribution is 2.27. The van der Waals surface area contributed by atoms with Crippen molar-refractivity contribution in [1.29, 1.82) is 0 Å². The second kappa shape index (κ2) is 2.82. The van der Waals surface area contributed by atoms with Crippen molar-refractivity contribution < 1.29 is 9.90 Å². The maximum absolute atomic E-state index is 10.6. The Hall–Kier alpha value is -0.970. The summed E-state index contributed by atoms with van der Waals surface area (Å²) in [4.78, 5) is 11.4. The van der Waals surface area contributed by atoms with Gasteiger partial charge in [-0.25, -0.2) is 4.79 Å². The van der Waals surface area contributed by atoms with Gasteiger partial charge in [-0.2, -0.15) is 0 Å². The number of hydrogen-bond donors (Lipinski definition) is 1. The van der Waals surface area contributed by atoms with E-state index < -0.39 is 5.97 Å². The van der Waals surface area contributed by atoms with Crippen LogP contribution < -0.4 is 0 Å². The maximum Gasteiger partial charge on any atom is 0.357 e. The standard InChI is InChI=1S/C7H10N2O2S/c1-7(2,3)5-4(6(10)11)8-9-12-5/h1-3H3,(H,10,11). The summed E-state index contributed by atoms with van der Waals surface area (Å²) >= 11 is 1.14. The summed E-state index contributed by atoms with van der Waals surface area (Å²) in [5, 5.41) is 12.3. The molecule has 0 spiro atoms. The molecule has 1 heterocycles. The molecule has 1 aromatic rings. The number of rotatable bonds is 1. The van der Waals surface area contributed by atoms with Crippen LogP contribution in [0.1, 0.15) is 36.1 Å². The largest absolute Gasteiger partial charge is 0.476 e. The van der Waals surface area contributed by atoms with Gasteiger partial charge in [0, 0.05) is 5.41 Å². The average Bonchev–Trinajstić information content (AvgIpc) is 2.30. The molecule has 0 amide bonds. The van der Waals surface area contributed by atoms with Crippen LogP contribution in [0.25, 0.3) is 0 Å². The van der Waals surface area contributed by atoms with Crippen molar-refractivity contribution in [2.24, 2.45) is 0 Å². The first-order chi connectivity index (χ1) is 5.43. The molecule has 0 aromatic carbocycles. The number of carboxylic acids is 1. The van der Waals surface area contributed by atoms with Gasteiger partial charge in [0.2, 0.25) is 0 Å². The van der Waals surface area contributed by atoms with Gasteiger partial charge in [0.25, 0.3) is 0 Å². The third kappa shape index (κ3) is 1.61. The Balaban J connectivity index is 3.17. The minimum atomic E-state index is -1.01. The normalized spacial score (nSPS) is 11.6. The zero-order chi connectivity index (χ0) is 9.35. The van der Waals surface area contributed by atoms with E-state index >= 15 is 0 Å². The molecular formula is C7H10N2O2S.